The van der Waals surface area contributed by atoms with Gasteiger partial charge in [-0.05, 0) is 6.92 Å². The Hall–Kier alpha value is -1.25. The summed E-state index contributed by atoms with van der Waals surface area (Å²) in [5.41, 5.74) is 0. The van der Waals surface area contributed by atoms with Crippen molar-refractivity contribution in [2.24, 2.45) is 0 Å². The molecule has 1 heterocycles. The first kappa shape index (κ1) is 6.86. The molecule has 0 unspecified atom stereocenters. The molecule has 10 heavy (non-hydrogen) atoms. The summed E-state index contributed by atoms with van der Waals surface area (Å²) >= 11 is 0. The number of rotatable bonds is 2. The topological polar surface area (TPSA) is 35.5 Å². The minimum atomic E-state index is -0.409. The Labute approximate surface area is 58.9 Å². The fourth-order valence-corrected chi connectivity index (χ4v) is 0.666. The zero-order valence-electron chi connectivity index (χ0n) is 5.72. The number of carbonyl (C=O) groups excluding carboxylic acids is 1. The predicted octanol–water partition coefficient (Wildman–Crippen LogP) is 0.977. The highest BCUT2D eigenvalue weighted by molar-refractivity contribution is 5.87. The van der Waals surface area contributed by atoms with Crippen molar-refractivity contribution in [3.63, 3.8) is 0 Å². The molecule has 0 saturated carbocycles. The van der Waals surface area contributed by atoms with Crippen molar-refractivity contribution in [2.75, 3.05) is 6.61 Å². The van der Waals surface area contributed by atoms with Crippen LogP contribution < -0.4 is 0 Å². The van der Waals surface area contributed by atoms with E-state index in [1.165, 1.54) is 6.08 Å². The predicted molar refractivity (Wildman–Crippen MR) is 34.9 cm³/mol. The summed E-state index contributed by atoms with van der Waals surface area (Å²) in [6.45, 7) is 5.81. The van der Waals surface area contributed by atoms with E-state index >= 15 is 0 Å². The van der Waals surface area contributed by atoms with Gasteiger partial charge in [0.05, 0.1) is 12.7 Å². The number of ether oxygens (including phenoxy) is 2. The van der Waals surface area contributed by atoms with Crippen molar-refractivity contribution < 1.29 is 14.3 Å². The van der Waals surface area contributed by atoms with E-state index in [1.54, 1.807) is 0 Å². The summed E-state index contributed by atoms with van der Waals surface area (Å²) in [4.78, 5) is 10.5. The van der Waals surface area contributed by atoms with Crippen LogP contribution in [-0.2, 0) is 14.3 Å². The maximum atomic E-state index is 10.5. The van der Waals surface area contributed by atoms with Crippen LogP contribution in [0.2, 0.25) is 0 Å². The number of hydrogen-bond donors (Lipinski definition) is 0. The molecule has 0 aliphatic carbocycles. The first-order valence-electron chi connectivity index (χ1n) is 2.99. The van der Waals surface area contributed by atoms with Gasteiger partial charge in [0.15, 0.2) is 11.5 Å². The molecule has 1 aliphatic heterocycles. The Balaban J connectivity index is 2.65. The normalized spacial score (nSPS) is 16.7. The molecule has 1 rings (SSSR count). The first-order valence-corrected chi connectivity index (χ1v) is 2.99. The van der Waals surface area contributed by atoms with Crippen LogP contribution in [0.5, 0.6) is 0 Å². The van der Waals surface area contributed by atoms with E-state index in [1.807, 2.05) is 6.92 Å². The van der Waals surface area contributed by atoms with Gasteiger partial charge in [-0.1, -0.05) is 6.58 Å². The molecule has 0 aromatic heterocycles. The molecular weight excluding hydrogens is 132 g/mol. The Morgan fingerprint density at radius 3 is 2.90 bits per heavy atom. The lowest BCUT2D eigenvalue weighted by Crippen LogP contribution is -1.91. The maximum absolute atomic E-state index is 10.5. The summed E-state index contributed by atoms with van der Waals surface area (Å²) < 4.78 is 9.58. The van der Waals surface area contributed by atoms with Crippen LogP contribution in [0.15, 0.2) is 24.2 Å². The highest BCUT2D eigenvalue weighted by atomic mass is 16.6. The van der Waals surface area contributed by atoms with E-state index in [0.29, 0.717) is 18.1 Å². The number of hydrogen-bond acceptors (Lipinski definition) is 3. The molecule has 0 amide bonds. The Morgan fingerprint density at radius 2 is 2.50 bits per heavy atom. The molecule has 0 N–H and O–H groups in total. The molecule has 54 valence electrons. The fraction of sp³-hybridized carbons (Fsp3) is 0.286. The second kappa shape index (κ2) is 2.56. The van der Waals surface area contributed by atoms with E-state index in [0.717, 1.165) is 0 Å². The van der Waals surface area contributed by atoms with Crippen molar-refractivity contribution in [3.05, 3.63) is 24.2 Å². The van der Waals surface area contributed by atoms with Gasteiger partial charge < -0.3 is 9.47 Å². The van der Waals surface area contributed by atoms with E-state index in [4.69, 9.17) is 4.74 Å². The highest BCUT2D eigenvalue weighted by Crippen LogP contribution is 2.17. The summed E-state index contributed by atoms with van der Waals surface area (Å²) in [6, 6.07) is 0. The van der Waals surface area contributed by atoms with Crippen LogP contribution in [0.1, 0.15) is 6.92 Å². The third-order valence-corrected chi connectivity index (χ3v) is 1.05. The van der Waals surface area contributed by atoms with Gasteiger partial charge in [-0.3, -0.25) is 0 Å². The standard InChI is InChI=1S/C7H8O3/c1-3-9-6-4-7(8)10-5(6)2/h4H,2-3H2,1H3. The highest BCUT2D eigenvalue weighted by Gasteiger charge is 2.18. The van der Waals surface area contributed by atoms with Crippen LogP contribution in [0.4, 0.5) is 0 Å². The lowest BCUT2D eigenvalue weighted by molar-refractivity contribution is -0.132. The van der Waals surface area contributed by atoms with Crippen molar-refractivity contribution in [1.82, 2.24) is 0 Å². The van der Waals surface area contributed by atoms with E-state index in [9.17, 15) is 4.79 Å². The van der Waals surface area contributed by atoms with Gasteiger partial charge in [0, 0.05) is 0 Å². The zero-order valence-corrected chi connectivity index (χ0v) is 5.72. The molecule has 0 spiro atoms. The molecule has 0 radical (unpaired) electrons. The minimum Gasteiger partial charge on any atom is -0.490 e. The van der Waals surface area contributed by atoms with Crippen molar-refractivity contribution in [3.8, 4) is 0 Å². The Bertz CT molecular complexity index is 203. The fourth-order valence-electron chi connectivity index (χ4n) is 0.666. The molecular formula is C7H8O3. The second-order valence-corrected chi connectivity index (χ2v) is 1.79. The summed E-state index contributed by atoms with van der Waals surface area (Å²) in [7, 11) is 0. The Morgan fingerprint density at radius 1 is 1.80 bits per heavy atom. The SMILES string of the molecule is C=C1OC(=O)C=C1OCC. The van der Waals surface area contributed by atoms with Crippen molar-refractivity contribution >= 4 is 5.97 Å². The second-order valence-electron chi connectivity index (χ2n) is 1.79. The van der Waals surface area contributed by atoms with Gasteiger partial charge in [0.2, 0.25) is 0 Å². The third-order valence-electron chi connectivity index (χ3n) is 1.05. The van der Waals surface area contributed by atoms with Gasteiger partial charge in [0.25, 0.3) is 0 Å². The van der Waals surface area contributed by atoms with Crippen LogP contribution in [-0.4, -0.2) is 12.6 Å². The van der Waals surface area contributed by atoms with Crippen molar-refractivity contribution in [2.45, 2.75) is 6.92 Å². The van der Waals surface area contributed by atoms with E-state index in [2.05, 4.69) is 11.3 Å². The maximum Gasteiger partial charge on any atom is 0.340 e. The first-order chi connectivity index (χ1) is 4.74. The molecule has 0 atom stereocenters. The molecule has 3 heteroatoms. The minimum absolute atomic E-state index is 0.298. The van der Waals surface area contributed by atoms with Crippen molar-refractivity contribution in [1.29, 1.82) is 0 Å². The molecule has 1 aliphatic rings. The molecule has 0 bridgehead atoms. The summed E-state index contributed by atoms with van der Waals surface area (Å²) in [5, 5.41) is 0. The Kier molecular flexibility index (Phi) is 1.76. The lowest BCUT2D eigenvalue weighted by Gasteiger charge is -2.01. The van der Waals surface area contributed by atoms with Crippen LogP contribution in [0.25, 0.3) is 0 Å². The third kappa shape index (κ3) is 1.18. The van der Waals surface area contributed by atoms with Gasteiger partial charge in [-0.25, -0.2) is 4.79 Å². The van der Waals surface area contributed by atoms with E-state index < -0.39 is 5.97 Å². The molecule has 0 aromatic rings. The van der Waals surface area contributed by atoms with Crippen LogP contribution in [0, 0.1) is 0 Å². The van der Waals surface area contributed by atoms with Gasteiger partial charge >= 0.3 is 5.97 Å². The number of cyclic esters (lactones) is 1. The van der Waals surface area contributed by atoms with Gasteiger partial charge in [-0.2, -0.15) is 0 Å². The lowest BCUT2D eigenvalue weighted by atomic mass is 10.4. The average Bonchev–Trinajstić information content (AvgIpc) is 2.13. The number of esters is 1. The molecule has 0 fully saturated rings. The van der Waals surface area contributed by atoms with Gasteiger partial charge in [-0.15, -0.1) is 0 Å². The molecule has 0 aromatic carbocycles. The number of carbonyl (C=O) groups is 1. The summed E-state index contributed by atoms with van der Waals surface area (Å²) in [5.74, 6) is 0.327. The van der Waals surface area contributed by atoms with Crippen LogP contribution >= 0.6 is 0 Å². The molecule has 3 nitrogen and oxygen atoms in total. The smallest absolute Gasteiger partial charge is 0.340 e. The van der Waals surface area contributed by atoms with Gasteiger partial charge in [0.1, 0.15) is 0 Å². The monoisotopic (exact) mass is 140 g/mol. The average molecular weight is 140 g/mol. The van der Waals surface area contributed by atoms with E-state index in [-0.39, 0.29) is 0 Å². The quantitative estimate of drug-likeness (QED) is 0.536. The zero-order chi connectivity index (χ0) is 7.56. The largest absolute Gasteiger partial charge is 0.490 e. The molecule has 0 saturated heterocycles. The van der Waals surface area contributed by atoms with Crippen LogP contribution in [0.3, 0.4) is 0 Å². The summed E-state index contributed by atoms with van der Waals surface area (Å²) in [6.07, 6.45) is 1.28.